The number of aliphatic hydroxyl groups is 1. The van der Waals surface area contributed by atoms with E-state index in [9.17, 15) is 27.9 Å². The zero-order valence-corrected chi connectivity index (χ0v) is 17.8. The highest BCUT2D eigenvalue weighted by atomic mass is 19.4. The van der Waals surface area contributed by atoms with Gasteiger partial charge in [0.25, 0.3) is 5.91 Å². The lowest BCUT2D eigenvalue weighted by atomic mass is 9.99. The molecule has 34 heavy (non-hydrogen) atoms. The molecule has 3 aromatic rings. The van der Waals surface area contributed by atoms with Gasteiger partial charge in [0.1, 0.15) is 12.7 Å². The summed E-state index contributed by atoms with van der Waals surface area (Å²) < 4.78 is 48.8. The first-order chi connectivity index (χ1) is 16.2. The zero-order valence-electron chi connectivity index (χ0n) is 17.8. The fourth-order valence-corrected chi connectivity index (χ4v) is 3.67. The molecule has 1 fully saturated rings. The van der Waals surface area contributed by atoms with Gasteiger partial charge in [-0.05, 0) is 47.5 Å². The Hall–Kier alpha value is -3.63. The third-order valence-corrected chi connectivity index (χ3v) is 5.49. The summed E-state index contributed by atoms with van der Waals surface area (Å²) in [6.07, 6.45) is -4.18. The van der Waals surface area contributed by atoms with E-state index in [1.165, 1.54) is 29.4 Å². The molecule has 2 aromatic carbocycles. The summed E-state index contributed by atoms with van der Waals surface area (Å²) in [6.45, 7) is -0.0918. The Kier molecular flexibility index (Phi) is 6.71. The van der Waals surface area contributed by atoms with Crippen LogP contribution in [-0.2, 0) is 22.3 Å². The van der Waals surface area contributed by atoms with Crippen molar-refractivity contribution in [2.45, 2.75) is 24.9 Å². The van der Waals surface area contributed by atoms with Crippen molar-refractivity contribution in [1.29, 1.82) is 0 Å². The number of hydrogen-bond donors (Lipinski definition) is 2. The number of nitrogens with zero attached hydrogens (tertiary/aromatic N) is 1. The Morgan fingerprint density at radius 2 is 1.82 bits per heavy atom. The molecule has 0 saturated carbocycles. The summed E-state index contributed by atoms with van der Waals surface area (Å²) in [5, 5.41) is 13.6. The van der Waals surface area contributed by atoms with Crippen molar-refractivity contribution in [3.8, 4) is 0 Å². The molecule has 1 aliphatic rings. The number of carbonyl (C=O) groups excluding carboxylic acids is 2. The van der Waals surface area contributed by atoms with Crippen LogP contribution in [0.5, 0.6) is 0 Å². The average molecular weight is 474 g/mol. The molecule has 10 heteroatoms. The molecule has 0 aliphatic carbocycles. The van der Waals surface area contributed by atoms with E-state index in [0.717, 1.165) is 12.1 Å². The molecule has 2 heterocycles. The summed E-state index contributed by atoms with van der Waals surface area (Å²) in [4.78, 5) is 26.0. The van der Waals surface area contributed by atoms with Crippen LogP contribution in [0.2, 0.25) is 0 Å². The molecule has 0 unspecified atom stereocenters. The number of benzene rings is 2. The number of furan rings is 1. The molecule has 0 bridgehead atoms. The third kappa shape index (κ3) is 5.29. The van der Waals surface area contributed by atoms with Crippen molar-refractivity contribution in [1.82, 2.24) is 4.90 Å². The Morgan fingerprint density at radius 1 is 1.12 bits per heavy atom. The Balaban J connectivity index is 1.46. The molecular weight excluding hydrogens is 453 g/mol. The Bertz CT molecular complexity index is 1130. The molecule has 2 amide bonds. The van der Waals surface area contributed by atoms with Crippen molar-refractivity contribution < 1.29 is 37.0 Å². The highest BCUT2D eigenvalue weighted by Crippen LogP contribution is 2.30. The molecule has 1 aromatic heterocycles. The van der Waals surface area contributed by atoms with Gasteiger partial charge >= 0.3 is 6.18 Å². The van der Waals surface area contributed by atoms with E-state index in [2.05, 4.69) is 5.32 Å². The second-order valence-corrected chi connectivity index (χ2v) is 7.80. The highest BCUT2D eigenvalue weighted by molar-refractivity contribution is 6.02. The zero-order chi connectivity index (χ0) is 24.3. The number of nitrogens with one attached hydrogen (secondary N) is 1. The fraction of sp³-hybridized carbons (Fsp3) is 0.250. The number of ether oxygens (including phenoxy) is 1. The van der Waals surface area contributed by atoms with Crippen LogP contribution in [0, 0.1) is 0 Å². The van der Waals surface area contributed by atoms with Crippen LogP contribution in [0.1, 0.15) is 33.3 Å². The minimum atomic E-state index is -4.45. The monoisotopic (exact) mass is 474 g/mol. The summed E-state index contributed by atoms with van der Waals surface area (Å²) in [6, 6.07) is 13.3. The predicted octanol–water partition coefficient (Wildman–Crippen LogP) is 4.01. The first-order valence-electron chi connectivity index (χ1n) is 10.4. The maximum Gasteiger partial charge on any atom is 0.416 e. The van der Waals surface area contributed by atoms with Crippen LogP contribution in [-0.4, -0.2) is 41.1 Å². The van der Waals surface area contributed by atoms with Crippen LogP contribution >= 0.6 is 0 Å². The van der Waals surface area contributed by atoms with Crippen LogP contribution in [0.25, 0.3) is 0 Å². The number of amides is 2. The highest BCUT2D eigenvalue weighted by Gasteiger charge is 2.35. The van der Waals surface area contributed by atoms with Crippen LogP contribution < -0.4 is 5.32 Å². The van der Waals surface area contributed by atoms with E-state index in [-0.39, 0.29) is 31.4 Å². The SMILES string of the molecule is O=C(Nc1ccc([C@@H](O)[C@H]2COCC(=O)N2Cc2ccc(C(F)(F)F)cc2)cc1)c1ccco1. The van der Waals surface area contributed by atoms with Crippen molar-refractivity contribution in [2.75, 3.05) is 18.5 Å². The lowest BCUT2D eigenvalue weighted by Gasteiger charge is -2.38. The van der Waals surface area contributed by atoms with Crippen molar-refractivity contribution >= 4 is 17.5 Å². The molecule has 1 aliphatic heterocycles. The quantitative estimate of drug-likeness (QED) is 0.563. The van der Waals surface area contributed by atoms with Gasteiger partial charge in [-0.2, -0.15) is 13.2 Å². The molecular formula is C24H21F3N2O5. The molecule has 2 N–H and O–H groups in total. The first-order valence-corrected chi connectivity index (χ1v) is 10.4. The van der Waals surface area contributed by atoms with Crippen LogP contribution in [0.3, 0.4) is 0 Å². The summed E-state index contributed by atoms with van der Waals surface area (Å²) in [7, 11) is 0. The number of hydrogen-bond acceptors (Lipinski definition) is 5. The van der Waals surface area contributed by atoms with Crippen molar-refractivity contribution in [3.05, 3.63) is 89.4 Å². The van der Waals surface area contributed by atoms with Gasteiger partial charge in [0.05, 0.1) is 24.5 Å². The standard InChI is InChI=1S/C24H21F3N2O5/c25-24(26,27)17-7-3-15(4-8-17)12-29-19(13-33-14-21(29)30)22(31)16-5-9-18(10-6-16)28-23(32)20-2-1-11-34-20/h1-11,19,22,31H,12-14H2,(H,28,32)/t19-,22-/m1/s1. The van der Waals surface area contributed by atoms with Gasteiger partial charge in [-0.15, -0.1) is 0 Å². The van der Waals surface area contributed by atoms with Gasteiger partial charge in [0.2, 0.25) is 5.91 Å². The molecule has 7 nitrogen and oxygen atoms in total. The van der Waals surface area contributed by atoms with Gasteiger partial charge in [-0.1, -0.05) is 24.3 Å². The minimum Gasteiger partial charge on any atom is -0.459 e. The fourth-order valence-electron chi connectivity index (χ4n) is 3.67. The third-order valence-electron chi connectivity index (χ3n) is 5.49. The van der Waals surface area contributed by atoms with E-state index < -0.39 is 29.8 Å². The van der Waals surface area contributed by atoms with Gasteiger partial charge < -0.3 is 24.5 Å². The number of alkyl halides is 3. The molecule has 1 saturated heterocycles. The second kappa shape index (κ2) is 9.70. The number of anilines is 1. The smallest absolute Gasteiger partial charge is 0.416 e. The largest absolute Gasteiger partial charge is 0.459 e. The van der Waals surface area contributed by atoms with E-state index in [0.29, 0.717) is 16.8 Å². The van der Waals surface area contributed by atoms with Crippen LogP contribution in [0.15, 0.2) is 71.3 Å². The average Bonchev–Trinajstić information content (AvgIpc) is 3.35. The van der Waals surface area contributed by atoms with Crippen LogP contribution in [0.4, 0.5) is 18.9 Å². The molecule has 4 rings (SSSR count). The summed E-state index contributed by atoms with van der Waals surface area (Å²) in [5.74, 6) is -0.647. The summed E-state index contributed by atoms with van der Waals surface area (Å²) in [5.41, 5.74) is 0.684. The van der Waals surface area contributed by atoms with Gasteiger partial charge in [-0.3, -0.25) is 9.59 Å². The lowest BCUT2D eigenvalue weighted by Crippen LogP contribution is -2.51. The van der Waals surface area contributed by atoms with Crippen molar-refractivity contribution in [2.24, 2.45) is 0 Å². The molecule has 2 atom stereocenters. The Morgan fingerprint density at radius 3 is 2.44 bits per heavy atom. The molecule has 178 valence electrons. The Labute approximate surface area is 192 Å². The van der Waals surface area contributed by atoms with Gasteiger partial charge in [0.15, 0.2) is 5.76 Å². The number of halogens is 3. The maximum absolute atomic E-state index is 12.8. The summed E-state index contributed by atoms with van der Waals surface area (Å²) >= 11 is 0. The second-order valence-electron chi connectivity index (χ2n) is 7.80. The van der Waals surface area contributed by atoms with E-state index >= 15 is 0 Å². The molecule has 0 spiro atoms. The predicted molar refractivity (Wildman–Crippen MR) is 115 cm³/mol. The van der Waals surface area contributed by atoms with E-state index in [4.69, 9.17) is 9.15 Å². The number of morpholine rings is 1. The number of carbonyl (C=O) groups is 2. The normalized spacial score (nSPS) is 17.5. The maximum atomic E-state index is 12.8. The topological polar surface area (TPSA) is 92.0 Å². The number of aliphatic hydroxyl groups excluding tert-OH is 1. The minimum absolute atomic E-state index is 0.0271. The molecule has 0 radical (unpaired) electrons. The first kappa shape index (κ1) is 23.5. The van der Waals surface area contributed by atoms with Crippen molar-refractivity contribution in [3.63, 3.8) is 0 Å². The number of rotatable bonds is 6. The van der Waals surface area contributed by atoms with E-state index in [1.54, 1.807) is 30.3 Å². The van der Waals surface area contributed by atoms with Gasteiger partial charge in [-0.25, -0.2) is 0 Å². The van der Waals surface area contributed by atoms with Gasteiger partial charge in [0, 0.05) is 12.2 Å². The van der Waals surface area contributed by atoms with E-state index in [1.807, 2.05) is 0 Å². The lowest BCUT2D eigenvalue weighted by molar-refractivity contribution is -0.155.